The SMILES string of the molecule is C=C(C)C(=O)OCCOC(O)C1CCCCC1OC(=O)C(CC)CC.CC.CC. The lowest BCUT2D eigenvalue weighted by Gasteiger charge is -2.34. The molecule has 0 amide bonds. The zero-order chi connectivity index (χ0) is 22.8. The number of aliphatic hydroxyl groups excluding tert-OH is 1. The van der Waals surface area contributed by atoms with E-state index in [1.165, 1.54) is 0 Å². The Hall–Kier alpha value is -1.40. The van der Waals surface area contributed by atoms with Gasteiger partial charge in [0.1, 0.15) is 12.7 Å². The van der Waals surface area contributed by atoms with Gasteiger partial charge in [0.2, 0.25) is 0 Å². The first-order valence-electron chi connectivity index (χ1n) is 11.2. The van der Waals surface area contributed by atoms with E-state index in [2.05, 4.69) is 6.58 Å². The van der Waals surface area contributed by atoms with Crippen LogP contribution >= 0.6 is 0 Å². The van der Waals surface area contributed by atoms with Crippen LogP contribution in [0.4, 0.5) is 0 Å². The van der Waals surface area contributed by atoms with Crippen LogP contribution in [-0.2, 0) is 23.8 Å². The molecule has 0 bridgehead atoms. The number of rotatable bonds is 10. The van der Waals surface area contributed by atoms with Gasteiger partial charge in [-0.05, 0) is 39.0 Å². The lowest BCUT2D eigenvalue weighted by atomic mass is 9.85. The summed E-state index contributed by atoms with van der Waals surface area (Å²) in [5, 5.41) is 10.3. The molecule has 0 spiro atoms. The van der Waals surface area contributed by atoms with Crippen molar-refractivity contribution in [2.45, 2.75) is 99.4 Å². The molecule has 0 radical (unpaired) electrons. The molecule has 29 heavy (non-hydrogen) atoms. The molecule has 6 nitrogen and oxygen atoms in total. The lowest BCUT2D eigenvalue weighted by Crippen LogP contribution is -2.40. The summed E-state index contributed by atoms with van der Waals surface area (Å²) >= 11 is 0. The van der Waals surface area contributed by atoms with Gasteiger partial charge in [-0.3, -0.25) is 4.79 Å². The van der Waals surface area contributed by atoms with Gasteiger partial charge in [0.25, 0.3) is 0 Å². The Kier molecular flexibility index (Phi) is 19.1. The van der Waals surface area contributed by atoms with Crippen molar-refractivity contribution in [3.8, 4) is 0 Å². The van der Waals surface area contributed by atoms with Gasteiger partial charge >= 0.3 is 11.9 Å². The lowest BCUT2D eigenvalue weighted by molar-refractivity contribution is -0.191. The Morgan fingerprint density at radius 1 is 1.03 bits per heavy atom. The summed E-state index contributed by atoms with van der Waals surface area (Å²) in [5.74, 6) is -1.01. The maximum atomic E-state index is 12.2. The van der Waals surface area contributed by atoms with Crippen molar-refractivity contribution in [2.75, 3.05) is 13.2 Å². The summed E-state index contributed by atoms with van der Waals surface area (Å²) in [6.07, 6.45) is 3.56. The summed E-state index contributed by atoms with van der Waals surface area (Å²) in [6.45, 7) is 17.1. The van der Waals surface area contributed by atoms with Gasteiger partial charge in [0.05, 0.1) is 12.5 Å². The highest BCUT2D eigenvalue weighted by Crippen LogP contribution is 2.31. The smallest absolute Gasteiger partial charge is 0.333 e. The molecule has 3 atom stereocenters. The summed E-state index contributed by atoms with van der Waals surface area (Å²) in [7, 11) is 0. The highest BCUT2D eigenvalue weighted by Gasteiger charge is 2.35. The maximum Gasteiger partial charge on any atom is 0.333 e. The molecule has 0 aromatic heterocycles. The van der Waals surface area contributed by atoms with Gasteiger partial charge < -0.3 is 19.3 Å². The number of aliphatic hydroxyl groups is 1. The summed E-state index contributed by atoms with van der Waals surface area (Å²) < 4.78 is 16.0. The van der Waals surface area contributed by atoms with Gasteiger partial charge in [-0.1, -0.05) is 54.5 Å². The molecule has 1 aliphatic rings. The van der Waals surface area contributed by atoms with Gasteiger partial charge in [-0.2, -0.15) is 0 Å². The predicted octanol–water partition coefficient (Wildman–Crippen LogP) is 5.03. The van der Waals surface area contributed by atoms with Crippen molar-refractivity contribution in [3.05, 3.63) is 12.2 Å². The number of hydrogen-bond acceptors (Lipinski definition) is 6. The first-order valence-corrected chi connectivity index (χ1v) is 11.2. The van der Waals surface area contributed by atoms with Crippen LogP contribution in [0.5, 0.6) is 0 Å². The van der Waals surface area contributed by atoms with E-state index in [1.807, 2.05) is 41.5 Å². The Morgan fingerprint density at radius 3 is 2.10 bits per heavy atom. The van der Waals surface area contributed by atoms with Crippen LogP contribution < -0.4 is 0 Å². The van der Waals surface area contributed by atoms with E-state index in [0.29, 0.717) is 5.57 Å². The van der Waals surface area contributed by atoms with Crippen LogP contribution in [0.2, 0.25) is 0 Å². The van der Waals surface area contributed by atoms with E-state index in [-0.39, 0.29) is 37.1 Å². The topological polar surface area (TPSA) is 82.1 Å². The van der Waals surface area contributed by atoms with Crippen molar-refractivity contribution in [1.82, 2.24) is 0 Å². The fourth-order valence-electron chi connectivity index (χ4n) is 3.02. The van der Waals surface area contributed by atoms with Crippen molar-refractivity contribution in [2.24, 2.45) is 11.8 Å². The van der Waals surface area contributed by atoms with Crippen LogP contribution in [-0.4, -0.2) is 42.7 Å². The molecule has 1 saturated carbocycles. The molecule has 1 rings (SSSR count). The Morgan fingerprint density at radius 2 is 1.59 bits per heavy atom. The monoisotopic (exact) mass is 416 g/mol. The van der Waals surface area contributed by atoms with Crippen molar-refractivity contribution in [3.63, 3.8) is 0 Å². The minimum absolute atomic E-state index is 0.0493. The molecule has 172 valence electrons. The third-order valence-corrected chi connectivity index (χ3v) is 4.66. The largest absolute Gasteiger partial charge is 0.462 e. The van der Waals surface area contributed by atoms with E-state index in [0.717, 1.165) is 38.5 Å². The molecule has 1 fully saturated rings. The number of esters is 2. The second kappa shape index (κ2) is 18.6. The molecule has 6 heteroatoms. The minimum atomic E-state index is -1.04. The standard InChI is InChI=1S/C19H32O6.2C2H6/c1-5-14(6-2)18(21)25-16-10-8-7-9-15(16)19(22)24-12-11-23-17(20)13(3)4;2*1-2/h14-16,19,22H,3,5-12H2,1-2,4H3;2*1-2H3. The fourth-order valence-corrected chi connectivity index (χ4v) is 3.02. The number of hydrogen-bond donors (Lipinski definition) is 1. The van der Waals surface area contributed by atoms with Gasteiger partial charge in [-0.25, -0.2) is 4.79 Å². The second-order valence-electron chi connectivity index (χ2n) is 6.61. The second-order valence-corrected chi connectivity index (χ2v) is 6.61. The zero-order valence-corrected chi connectivity index (χ0v) is 19.7. The van der Waals surface area contributed by atoms with Crippen LogP contribution in [0.1, 0.15) is 87.0 Å². The van der Waals surface area contributed by atoms with Crippen LogP contribution in [0, 0.1) is 11.8 Å². The van der Waals surface area contributed by atoms with Crippen LogP contribution in [0.3, 0.4) is 0 Å². The Bertz CT molecular complexity index is 445. The van der Waals surface area contributed by atoms with Gasteiger partial charge in [0, 0.05) is 11.5 Å². The molecule has 0 heterocycles. The van der Waals surface area contributed by atoms with Gasteiger partial charge in [-0.15, -0.1) is 0 Å². The van der Waals surface area contributed by atoms with E-state index < -0.39 is 12.3 Å². The first-order chi connectivity index (χ1) is 13.9. The van der Waals surface area contributed by atoms with Crippen LogP contribution in [0.25, 0.3) is 0 Å². The number of ether oxygens (including phenoxy) is 3. The molecule has 0 aromatic rings. The zero-order valence-electron chi connectivity index (χ0n) is 19.7. The predicted molar refractivity (Wildman–Crippen MR) is 116 cm³/mol. The molecule has 0 aromatic carbocycles. The van der Waals surface area contributed by atoms with Crippen molar-refractivity contribution >= 4 is 11.9 Å². The van der Waals surface area contributed by atoms with E-state index >= 15 is 0 Å². The van der Waals surface area contributed by atoms with E-state index in [4.69, 9.17) is 14.2 Å². The fraction of sp³-hybridized carbons (Fsp3) is 0.826. The molecule has 0 aliphatic heterocycles. The molecular formula is C23H44O6. The molecule has 1 N–H and O–H groups in total. The maximum absolute atomic E-state index is 12.2. The number of carbonyl (C=O) groups is 2. The average Bonchev–Trinajstić information content (AvgIpc) is 2.75. The molecular weight excluding hydrogens is 372 g/mol. The molecule has 0 saturated heterocycles. The highest BCUT2D eigenvalue weighted by molar-refractivity contribution is 5.86. The minimum Gasteiger partial charge on any atom is -0.462 e. The average molecular weight is 417 g/mol. The Balaban J connectivity index is 0. The summed E-state index contributed by atoms with van der Waals surface area (Å²) in [5.41, 5.74) is 0.321. The Labute approximate surface area is 178 Å². The highest BCUT2D eigenvalue weighted by atomic mass is 16.6. The first kappa shape index (κ1) is 29.8. The van der Waals surface area contributed by atoms with Crippen molar-refractivity contribution in [1.29, 1.82) is 0 Å². The summed E-state index contributed by atoms with van der Waals surface area (Å²) in [6, 6.07) is 0. The third kappa shape index (κ3) is 12.0. The van der Waals surface area contributed by atoms with E-state index in [9.17, 15) is 14.7 Å². The van der Waals surface area contributed by atoms with E-state index in [1.54, 1.807) is 6.92 Å². The van der Waals surface area contributed by atoms with Crippen molar-refractivity contribution < 1.29 is 28.9 Å². The normalized spacial score (nSPS) is 19.1. The third-order valence-electron chi connectivity index (χ3n) is 4.66. The number of carbonyl (C=O) groups excluding carboxylic acids is 2. The molecule has 1 aliphatic carbocycles. The molecule has 3 unspecified atom stereocenters. The quantitative estimate of drug-likeness (QED) is 0.233. The summed E-state index contributed by atoms with van der Waals surface area (Å²) in [4.78, 5) is 23.5. The van der Waals surface area contributed by atoms with Crippen LogP contribution in [0.15, 0.2) is 12.2 Å². The van der Waals surface area contributed by atoms with Gasteiger partial charge in [0.15, 0.2) is 6.29 Å².